The SMILES string of the molecule is CCN1C(=O)CC(NCCc2cccnc2)C1=O. The standard InChI is InChI=1S/C13H17N3O2/c1-2-16-12(17)8-11(13(16)18)15-7-5-10-4-3-6-14-9-10/h3-4,6,9,11,15H,2,5,7-8H2,1H3. The summed E-state index contributed by atoms with van der Waals surface area (Å²) in [5.41, 5.74) is 1.12. The minimum Gasteiger partial charge on any atom is -0.305 e. The molecule has 1 unspecified atom stereocenters. The highest BCUT2D eigenvalue weighted by atomic mass is 16.2. The molecule has 1 fully saturated rings. The minimum atomic E-state index is -0.353. The number of carbonyl (C=O) groups excluding carboxylic acids is 2. The average molecular weight is 247 g/mol. The van der Waals surface area contributed by atoms with Crippen LogP contribution in [-0.4, -0.2) is 40.8 Å². The van der Waals surface area contributed by atoms with Crippen LogP contribution in [0, 0.1) is 0 Å². The molecule has 5 heteroatoms. The van der Waals surface area contributed by atoms with Gasteiger partial charge >= 0.3 is 0 Å². The van der Waals surface area contributed by atoms with Gasteiger partial charge in [0.15, 0.2) is 0 Å². The lowest BCUT2D eigenvalue weighted by molar-refractivity contribution is -0.138. The van der Waals surface area contributed by atoms with E-state index in [2.05, 4.69) is 10.3 Å². The summed E-state index contributed by atoms with van der Waals surface area (Å²) < 4.78 is 0. The molecule has 0 spiro atoms. The summed E-state index contributed by atoms with van der Waals surface area (Å²) >= 11 is 0. The van der Waals surface area contributed by atoms with Gasteiger partial charge in [0.2, 0.25) is 11.8 Å². The summed E-state index contributed by atoms with van der Waals surface area (Å²) in [5, 5.41) is 3.13. The van der Waals surface area contributed by atoms with Crippen LogP contribution in [0.3, 0.4) is 0 Å². The third-order valence-corrected chi connectivity index (χ3v) is 3.09. The van der Waals surface area contributed by atoms with Gasteiger partial charge in [-0.3, -0.25) is 19.5 Å². The van der Waals surface area contributed by atoms with Crippen molar-refractivity contribution in [3.8, 4) is 0 Å². The van der Waals surface area contributed by atoms with Crippen LogP contribution < -0.4 is 5.32 Å². The van der Waals surface area contributed by atoms with Gasteiger partial charge in [0.1, 0.15) is 0 Å². The maximum Gasteiger partial charge on any atom is 0.246 e. The molecule has 2 heterocycles. The Morgan fingerprint density at radius 2 is 2.33 bits per heavy atom. The molecule has 0 aliphatic carbocycles. The fourth-order valence-corrected chi connectivity index (χ4v) is 2.11. The van der Waals surface area contributed by atoms with Crippen molar-refractivity contribution in [2.24, 2.45) is 0 Å². The lowest BCUT2D eigenvalue weighted by Crippen LogP contribution is -2.39. The third-order valence-electron chi connectivity index (χ3n) is 3.09. The van der Waals surface area contributed by atoms with Crippen LogP contribution in [-0.2, 0) is 16.0 Å². The number of hydrogen-bond acceptors (Lipinski definition) is 4. The number of nitrogens with zero attached hydrogens (tertiary/aromatic N) is 2. The highest BCUT2D eigenvalue weighted by Crippen LogP contribution is 2.12. The molecule has 1 aromatic heterocycles. The zero-order valence-electron chi connectivity index (χ0n) is 10.4. The van der Waals surface area contributed by atoms with Crippen molar-refractivity contribution in [1.29, 1.82) is 0 Å². The molecule has 1 saturated heterocycles. The average Bonchev–Trinajstić information content (AvgIpc) is 2.65. The molecule has 96 valence electrons. The van der Waals surface area contributed by atoms with Crippen molar-refractivity contribution >= 4 is 11.8 Å². The molecule has 5 nitrogen and oxygen atoms in total. The summed E-state index contributed by atoms with van der Waals surface area (Å²) in [6.45, 7) is 2.94. The van der Waals surface area contributed by atoms with Crippen molar-refractivity contribution in [2.75, 3.05) is 13.1 Å². The van der Waals surface area contributed by atoms with Crippen LogP contribution in [0.25, 0.3) is 0 Å². The van der Waals surface area contributed by atoms with E-state index in [4.69, 9.17) is 0 Å². The number of aromatic nitrogens is 1. The van der Waals surface area contributed by atoms with Crippen molar-refractivity contribution in [3.63, 3.8) is 0 Å². The predicted octanol–water partition coefficient (Wildman–Crippen LogP) is 0.361. The Hall–Kier alpha value is -1.75. The predicted molar refractivity (Wildman–Crippen MR) is 66.7 cm³/mol. The molecular formula is C13H17N3O2. The first-order valence-electron chi connectivity index (χ1n) is 6.19. The Bertz CT molecular complexity index is 433. The van der Waals surface area contributed by atoms with E-state index >= 15 is 0 Å². The number of pyridine rings is 1. The maximum atomic E-state index is 11.8. The lowest BCUT2D eigenvalue weighted by atomic mass is 10.2. The quantitative estimate of drug-likeness (QED) is 0.763. The van der Waals surface area contributed by atoms with Crippen LogP contribution in [0.2, 0.25) is 0 Å². The zero-order chi connectivity index (χ0) is 13.0. The van der Waals surface area contributed by atoms with Gasteiger partial charge in [-0.15, -0.1) is 0 Å². The minimum absolute atomic E-state index is 0.0821. The van der Waals surface area contributed by atoms with Crippen LogP contribution in [0.15, 0.2) is 24.5 Å². The largest absolute Gasteiger partial charge is 0.305 e. The Morgan fingerprint density at radius 3 is 2.94 bits per heavy atom. The molecule has 1 atom stereocenters. The monoisotopic (exact) mass is 247 g/mol. The third kappa shape index (κ3) is 2.73. The second-order valence-electron chi connectivity index (χ2n) is 4.30. The van der Waals surface area contributed by atoms with E-state index in [0.29, 0.717) is 13.1 Å². The van der Waals surface area contributed by atoms with Crippen molar-refractivity contribution in [2.45, 2.75) is 25.8 Å². The Balaban J connectivity index is 1.81. The Labute approximate surface area is 106 Å². The molecule has 1 aromatic rings. The first-order valence-corrected chi connectivity index (χ1v) is 6.19. The number of likely N-dealkylation sites (tertiary alicyclic amines) is 1. The molecule has 1 N–H and O–H groups in total. The molecule has 18 heavy (non-hydrogen) atoms. The fourth-order valence-electron chi connectivity index (χ4n) is 2.11. The van der Waals surface area contributed by atoms with Crippen LogP contribution in [0.5, 0.6) is 0 Å². The van der Waals surface area contributed by atoms with Crippen molar-refractivity contribution < 1.29 is 9.59 Å². The number of hydrogen-bond donors (Lipinski definition) is 1. The first kappa shape index (κ1) is 12.7. The summed E-state index contributed by atoms with van der Waals surface area (Å²) in [7, 11) is 0. The Morgan fingerprint density at radius 1 is 1.50 bits per heavy atom. The van der Waals surface area contributed by atoms with E-state index in [1.807, 2.05) is 25.3 Å². The second-order valence-corrected chi connectivity index (χ2v) is 4.30. The molecule has 0 bridgehead atoms. The van der Waals surface area contributed by atoms with Gasteiger partial charge in [0.05, 0.1) is 12.5 Å². The fraction of sp³-hybridized carbons (Fsp3) is 0.462. The summed E-state index contributed by atoms with van der Waals surface area (Å²) in [6.07, 6.45) is 4.62. The topological polar surface area (TPSA) is 62.3 Å². The molecule has 2 amide bonds. The number of rotatable bonds is 5. The van der Waals surface area contributed by atoms with Crippen molar-refractivity contribution in [3.05, 3.63) is 30.1 Å². The highest BCUT2D eigenvalue weighted by Gasteiger charge is 2.36. The second kappa shape index (κ2) is 5.73. The molecule has 0 radical (unpaired) electrons. The number of amides is 2. The molecule has 0 aromatic carbocycles. The number of carbonyl (C=O) groups is 2. The highest BCUT2D eigenvalue weighted by molar-refractivity contribution is 6.05. The summed E-state index contributed by atoms with van der Waals surface area (Å²) in [6, 6.07) is 3.53. The Kier molecular flexibility index (Phi) is 4.04. The van der Waals surface area contributed by atoms with Gasteiger partial charge in [-0.1, -0.05) is 6.07 Å². The van der Waals surface area contributed by atoms with Crippen molar-refractivity contribution in [1.82, 2.24) is 15.2 Å². The van der Waals surface area contributed by atoms with E-state index in [9.17, 15) is 9.59 Å². The van der Waals surface area contributed by atoms with Crippen LogP contribution >= 0.6 is 0 Å². The maximum absolute atomic E-state index is 11.8. The van der Waals surface area contributed by atoms with Gasteiger partial charge in [-0.05, 0) is 31.5 Å². The molecule has 1 aliphatic heterocycles. The lowest BCUT2D eigenvalue weighted by Gasteiger charge is -2.12. The van der Waals surface area contributed by atoms with Gasteiger partial charge in [-0.2, -0.15) is 0 Å². The normalized spacial score (nSPS) is 19.6. The van der Waals surface area contributed by atoms with E-state index < -0.39 is 0 Å². The van der Waals surface area contributed by atoms with E-state index in [1.54, 1.807) is 6.20 Å². The zero-order valence-corrected chi connectivity index (χ0v) is 10.4. The van der Waals surface area contributed by atoms with E-state index in [-0.39, 0.29) is 24.3 Å². The molecule has 2 rings (SSSR count). The molecule has 1 aliphatic rings. The number of nitrogens with one attached hydrogen (secondary N) is 1. The van der Waals surface area contributed by atoms with Gasteiger partial charge in [0, 0.05) is 18.9 Å². The van der Waals surface area contributed by atoms with Crippen LogP contribution in [0.4, 0.5) is 0 Å². The smallest absolute Gasteiger partial charge is 0.246 e. The van der Waals surface area contributed by atoms with Gasteiger partial charge < -0.3 is 5.32 Å². The van der Waals surface area contributed by atoms with Gasteiger partial charge in [0.25, 0.3) is 0 Å². The number of likely N-dealkylation sites (N-methyl/N-ethyl adjacent to an activating group) is 1. The summed E-state index contributed by atoms with van der Waals surface area (Å²) in [5.74, 6) is -0.185. The number of imide groups is 1. The first-order chi connectivity index (χ1) is 8.72. The van der Waals surface area contributed by atoms with E-state index in [1.165, 1.54) is 4.90 Å². The van der Waals surface area contributed by atoms with E-state index in [0.717, 1.165) is 12.0 Å². The summed E-state index contributed by atoms with van der Waals surface area (Å²) in [4.78, 5) is 28.7. The van der Waals surface area contributed by atoms with Gasteiger partial charge in [-0.25, -0.2) is 0 Å². The van der Waals surface area contributed by atoms with Crippen LogP contribution in [0.1, 0.15) is 18.9 Å². The molecular weight excluding hydrogens is 230 g/mol. The molecule has 0 saturated carbocycles.